The van der Waals surface area contributed by atoms with Gasteiger partial charge in [-0.15, -0.1) is 0 Å². The zero-order valence-electron chi connectivity index (χ0n) is 32.7. The predicted octanol–water partition coefficient (Wildman–Crippen LogP) is 4.37. The summed E-state index contributed by atoms with van der Waals surface area (Å²) in [7, 11) is -2.50. The number of nitrogens with zero attached hydrogens (tertiary/aromatic N) is 2. The van der Waals surface area contributed by atoms with E-state index in [1.54, 1.807) is 6.07 Å². The molecule has 0 spiro atoms. The molecule has 4 saturated carbocycles. The Hall–Kier alpha value is -4.47. The van der Waals surface area contributed by atoms with Crippen LogP contribution >= 0.6 is 0 Å². The van der Waals surface area contributed by atoms with Gasteiger partial charge in [0.15, 0.2) is 0 Å². The van der Waals surface area contributed by atoms with E-state index >= 15 is 0 Å². The maximum atomic E-state index is 14.9. The first-order valence-corrected chi connectivity index (χ1v) is 21.8. The van der Waals surface area contributed by atoms with Crippen molar-refractivity contribution in [3.05, 3.63) is 42.4 Å². The van der Waals surface area contributed by atoms with Gasteiger partial charge in [-0.2, -0.15) is 0 Å². The minimum absolute atomic E-state index is 0.0361. The highest BCUT2D eigenvalue weighted by Gasteiger charge is 2.62. The lowest BCUT2D eigenvalue weighted by Crippen LogP contribution is -2.59. The topological polar surface area (TPSA) is 182 Å². The summed E-state index contributed by atoms with van der Waals surface area (Å²) < 4.78 is 60.4. The van der Waals surface area contributed by atoms with Gasteiger partial charge < -0.3 is 29.7 Å². The molecule has 57 heavy (non-hydrogen) atoms. The molecule has 3 N–H and O–H groups in total. The van der Waals surface area contributed by atoms with Crippen molar-refractivity contribution >= 4 is 44.6 Å². The quantitative estimate of drug-likeness (QED) is 0.324. The van der Waals surface area contributed by atoms with Gasteiger partial charge in [0, 0.05) is 30.0 Å². The van der Waals surface area contributed by atoms with E-state index in [9.17, 15) is 32.0 Å². The number of hydrogen-bond donors (Lipinski definition) is 3. The van der Waals surface area contributed by atoms with Crippen molar-refractivity contribution in [3.8, 4) is 11.6 Å². The minimum Gasteiger partial charge on any atom is -0.496 e. The number of fused-ring (bicyclic) bond motifs is 4. The molecule has 6 aliphatic rings. The molecule has 2 aromatic rings. The number of sulfonamides is 1. The highest BCUT2D eigenvalue weighted by molar-refractivity contribution is 7.91. The lowest BCUT2D eigenvalue weighted by Gasteiger charge is -2.33. The van der Waals surface area contributed by atoms with Crippen LogP contribution in [0.5, 0.6) is 11.6 Å². The number of rotatable bonds is 8. The molecular weight excluding hydrogens is 758 g/mol. The number of aromatic nitrogens is 1. The van der Waals surface area contributed by atoms with Crippen LogP contribution in [0.2, 0.25) is 0 Å². The second-order valence-corrected chi connectivity index (χ2v) is 19.3. The average molecular weight is 810 g/mol. The number of halogens is 1. The first-order valence-electron chi connectivity index (χ1n) is 20.3. The van der Waals surface area contributed by atoms with Crippen molar-refractivity contribution in [2.24, 2.45) is 35.5 Å². The smallest absolute Gasteiger partial charge is 0.408 e. The van der Waals surface area contributed by atoms with Crippen molar-refractivity contribution in [2.45, 2.75) is 114 Å². The largest absolute Gasteiger partial charge is 0.496 e. The van der Waals surface area contributed by atoms with E-state index in [1.165, 1.54) is 30.3 Å². The maximum Gasteiger partial charge on any atom is 0.408 e. The van der Waals surface area contributed by atoms with Crippen molar-refractivity contribution in [1.82, 2.24) is 25.2 Å². The minimum atomic E-state index is -3.92. The Morgan fingerprint density at radius 1 is 1.02 bits per heavy atom. The second kappa shape index (κ2) is 15.0. The SMILES string of the molecule is COc1cc(F)cc2c(OC3CC4C(=O)NC5(C(=O)NS(=O)(=O)C6CC6)CC5C=CCCC(C)CC(C)C(NC(=O)OC5CC6C(C)C6C5)C(=O)N4C3)nccc12. The van der Waals surface area contributed by atoms with Crippen molar-refractivity contribution in [3.63, 3.8) is 0 Å². The molecule has 5 fully saturated rings. The maximum absolute atomic E-state index is 14.9. The molecule has 3 heterocycles. The standard InChI is InChI=1S/C41H52FN5O9S/c1-21-7-5-6-8-24-19-41(24,39(50)46-57(52,53)28-9-10-28)45-36(48)33-18-27(55-37-32-14-25(42)15-34(54-4)29(32)11-12-43-37)20-47(33)38(49)35(22(2)13-21)44-40(51)56-26-16-30-23(3)31(30)17-26/h6,8,11-12,14-15,21-24,26-28,30-31,33,35H,5,7,9-10,13,16-20H2,1-4H3,(H,44,51)(H,45,48)(H,46,50). The molecule has 4 amide bonds. The fourth-order valence-corrected chi connectivity index (χ4v) is 11.0. The molecule has 1 aromatic heterocycles. The molecule has 16 heteroatoms. The fraction of sp³-hybridized carbons (Fsp3) is 0.634. The molecule has 8 rings (SSSR count). The number of hydrogen-bond acceptors (Lipinski definition) is 10. The summed E-state index contributed by atoms with van der Waals surface area (Å²) in [5.74, 6) is -1.17. The van der Waals surface area contributed by atoms with Gasteiger partial charge in [0.1, 0.15) is 41.4 Å². The first-order chi connectivity index (χ1) is 27.2. The molecule has 308 valence electrons. The van der Waals surface area contributed by atoms with Crippen molar-refractivity contribution in [1.29, 1.82) is 0 Å². The van der Waals surface area contributed by atoms with E-state index < -0.39 is 74.5 Å². The third-order valence-electron chi connectivity index (χ3n) is 13.3. The summed E-state index contributed by atoms with van der Waals surface area (Å²) in [5.41, 5.74) is -1.55. The molecule has 4 aliphatic carbocycles. The lowest BCUT2D eigenvalue weighted by atomic mass is 9.88. The molecule has 14 nitrogen and oxygen atoms in total. The molecule has 1 saturated heterocycles. The van der Waals surface area contributed by atoms with Gasteiger partial charge >= 0.3 is 6.09 Å². The number of carbonyl (C=O) groups excluding carboxylic acids is 4. The second-order valence-electron chi connectivity index (χ2n) is 17.4. The van der Waals surface area contributed by atoms with Crippen LogP contribution in [-0.2, 0) is 29.1 Å². The van der Waals surface area contributed by atoms with Gasteiger partial charge in [-0.1, -0.05) is 32.9 Å². The van der Waals surface area contributed by atoms with Crippen LogP contribution in [0.4, 0.5) is 9.18 Å². The highest BCUT2D eigenvalue weighted by atomic mass is 32.2. The van der Waals surface area contributed by atoms with E-state index in [2.05, 4.69) is 34.2 Å². The Kier molecular flexibility index (Phi) is 10.4. The van der Waals surface area contributed by atoms with Gasteiger partial charge in [-0.25, -0.2) is 22.6 Å². The number of alkyl carbamates (subject to hydrolysis) is 1. The number of ether oxygens (including phenoxy) is 3. The van der Waals surface area contributed by atoms with Crippen LogP contribution in [0.1, 0.15) is 78.6 Å². The van der Waals surface area contributed by atoms with Crippen LogP contribution in [0, 0.1) is 41.3 Å². The number of carbonyl (C=O) groups is 4. The molecule has 9 atom stereocenters. The van der Waals surface area contributed by atoms with Crippen LogP contribution in [0.25, 0.3) is 10.8 Å². The van der Waals surface area contributed by atoms with Crippen molar-refractivity contribution < 1.29 is 46.2 Å². The van der Waals surface area contributed by atoms with E-state index in [0.717, 1.165) is 19.3 Å². The summed E-state index contributed by atoms with van der Waals surface area (Å²) in [5, 5.41) is 5.98. The van der Waals surface area contributed by atoms with Gasteiger partial charge in [0.25, 0.3) is 5.91 Å². The fourth-order valence-electron chi connectivity index (χ4n) is 9.64. The molecule has 0 bridgehead atoms. The van der Waals surface area contributed by atoms with Gasteiger partial charge in [0.2, 0.25) is 27.7 Å². The van der Waals surface area contributed by atoms with Crippen LogP contribution in [-0.4, -0.2) is 90.9 Å². The Bertz CT molecular complexity index is 2080. The predicted molar refractivity (Wildman–Crippen MR) is 206 cm³/mol. The summed E-state index contributed by atoms with van der Waals surface area (Å²) in [6.07, 6.45) is 8.21. The van der Waals surface area contributed by atoms with Crippen LogP contribution in [0.3, 0.4) is 0 Å². The normalized spacial score (nSPS) is 35.1. The number of allylic oxidation sites excluding steroid dienone is 1. The summed E-state index contributed by atoms with van der Waals surface area (Å²) in [6, 6.07) is 1.94. The summed E-state index contributed by atoms with van der Waals surface area (Å²) >= 11 is 0. The van der Waals surface area contributed by atoms with Crippen LogP contribution in [0.15, 0.2) is 36.5 Å². The molecule has 9 unspecified atom stereocenters. The lowest BCUT2D eigenvalue weighted by molar-refractivity contribution is -0.142. The monoisotopic (exact) mass is 809 g/mol. The number of amides is 4. The molecular formula is C41H52FN5O9S. The van der Waals surface area contributed by atoms with E-state index in [-0.39, 0.29) is 49.0 Å². The average Bonchev–Trinajstić information content (AvgIpc) is 4.12. The zero-order valence-corrected chi connectivity index (χ0v) is 33.6. The van der Waals surface area contributed by atoms with Crippen molar-refractivity contribution in [2.75, 3.05) is 13.7 Å². The summed E-state index contributed by atoms with van der Waals surface area (Å²) in [4.78, 5) is 62.5. The third kappa shape index (κ3) is 7.90. The zero-order chi connectivity index (χ0) is 40.4. The first kappa shape index (κ1) is 39.4. The van der Waals surface area contributed by atoms with E-state index in [1.807, 2.05) is 19.1 Å². The Morgan fingerprint density at radius 2 is 1.77 bits per heavy atom. The third-order valence-corrected chi connectivity index (χ3v) is 15.1. The highest BCUT2D eigenvalue weighted by Crippen LogP contribution is 2.57. The molecule has 2 aliphatic heterocycles. The Morgan fingerprint density at radius 3 is 2.49 bits per heavy atom. The Balaban J connectivity index is 1.10. The van der Waals surface area contributed by atoms with Crippen LogP contribution < -0.4 is 24.8 Å². The number of pyridine rings is 1. The van der Waals surface area contributed by atoms with Gasteiger partial charge in [-0.05, 0) is 93.1 Å². The Labute approximate surface area is 332 Å². The van der Waals surface area contributed by atoms with E-state index in [0.29, 0.717) is 54.2 Å². The van der Waals surface area contributed by atoms with E-state index in [4.69, 9.17) is 14.2 Å². The van der Waals surface area contributed by atoms with Gasteiger partial charge in [-0.3, -0.25) is 19.1 Å². The number of nitrogens with one attached hydrogen (secondary N) is 3. The number of benzene rings is 1. The molecule has 0 radical (unpaired) electrons. The number of methoxy groups -OCH3 is 1. The molecule has 1 aromatic carbocycles. The van der Waals surface area contributed by atoms with Gasteiger partial charge in [0.05, 0.1) is 24.3 Å². The summed E-state index contributed by atoms with van der Waals surface area (Å²) in [6.45, 7) is 6.09.